The summed E-state index contributed by atoms with van der Waals surface area (Å²) in [4.78, 5) is 12.0. The van der Waals surface area contributed by atoms with Crippen LogP contribution < -0.4 is 5.84 Å². The topological polar surface area (TPSA) is 82.5 Å². The van der Waals surface area contributed by atoms with E-state index in [1.54, 1.807) is 18.3 Å². The van der Waals surface area contributed by atoms with Gasteiger partial charge in [0.05, 0.1) is 17.9 Å². The molecule has 2 N–H and O–H groups in total. The SMILES string of the molecule is CC(C)(C)OC(=O)n1ncc2cc(C=NN)ccc21. The van der Waals surface area contributed by atoms with Gasteiger partial charge in [0.15, 0.2) is 0 Å². The molecular formula is C13H16N4O2. The van der Waals surface area contributed by atoms with Crippen LogP contribution in [0.15, 0.2) is 29.5 Å². The number of hydrazone groups is 1. The van der Waals surface area contributed by atoms with Gasteiger partial charge in [0.25, 0.3) is 0 Å². The fourth-order valence-corrected chi connectivity index (χ4v) is 1.67. The van der Waals surface area contributed by atoms with E-state index >= 15 is 0 Å². The molecule has 1 aromatic heterocycles. The van der Waals surface area contributed by atoms with Gasteiger partial charge in [-0.1, -0.05) is 6.07 Å². The summed E-state index contributed by atoms with van der Waals surface area (Å²) in [5.41, 5.74) is 0.976. The van der Waals surface area contributed by atoms with Crippen molar-refractivity contribution in [1.29, 1.82) is 0 Å². The van der Waals surface area contributed by atoms with E-state index in [1.807, 2.05) is 26.8 Å². The molecule has 0 aliphatic rings. The lowest BCUT2D eigenvalue weighted by atomic mass is 10.2. The van der Waals surface area contributed by atoms with Crippen molar-refractivity contribution in [3.63, 3.8) is 0 Å². The number of ether oxygens (including phenoxy) is 1. The number of hydrogen-bond acceptors (Lipinski definition) is 5. The second-order valence-corrected chi connectivity index (χ2v) is 5.13. The van der Waals surface area contributed by atoms with Crippen LogP contribution in [0.2, 0.25) is 0 Å². The number of nitrogens with zero attached hydrogens (tertiary/aromatic N) is 3. The van der Waals surface area contributed by atoms with Gasteiger partial charge in [0.1, 0.15) is 5.60 Å². The van der Waals surface area contributed by atoms with Crippen LogP contribution in [0.4, 0.5) is 4.79 Å². The Balaban J connectivity index is 2.38. The number of fused-ring (bicyclic) bond motifs is 1. The molecule has 0 atom stereocenters. The molecule has 0 unspecified atom stereocenters. The summed E-state index contributed by atoms with van der Waals surface area (Å²) in [7, 11) is 0. The van der Waals surface area contributed by atoms with Gasteiger partial charge in [0.2, 0.25) is 0 Å². The Morgan fingerprint density at radius 1 is 1.47 bits per heavy atom. The predicted molar refractivity (Wildman–Crippen MR) is 73.1 cm³/mol. The minimum Gasteiger partial charge on any atom is -0.442 e. The third kappa shape index (κ3) is 2.90. The summed E-state index contributed by atoms with van der Waals surface area (Å²) >= 11 is 0. The molecule has 0 aliphatic heterocycles. The van der Waals surface area contributed by atoms with Crippen LogP contribution in [0.1, 0.15) is 26.3 Å². The first-order valence-corrected chi connectivity index (χ1v) is 5.85. The molecule has 2 rings (SSSR count). The van der Waals surface area contributed by atoms with Gasteiger partial charge < -0.3 is 10.6 Å². The van der Waals surface area contributed by atoms with Crippen molar-refractivity contribution in [3.8, 4) is 0 Å². The van der Waals surface area contributed by atoms with Gasteiger partial charge in [-0.05, 0) is 38.5 Å². The van der Waals surface area contributed by atoms with E-state index in [9.17, 15) is 4.79 Å². The molecule has 0 aliphatic carbocycles. The van der Waals surface area contributed by atoms with Crippen LogP contribution in [0.25, 0.3) is 10.9 Å². The molecule has 0 saturated carbocycles. The second kappa shape index (κ2) is 4.72. The minimum atomic E-state index is -0.554. The Morgan fingerprint density at radius 2 is 2.21 bits per heavy atom. The fourth-order valence-electron chi connectivity index (χ4n) is 1.67. The smallest absolute Gasteiger partial charge is 0.435 e. The zero-order valence-corrected chi connectivity index (χ0v) is 11.1. The number of carbonyl (C=O) groups excluding carboxylic acids is 1. The fraction of sp³-hybridized carbons (Fsp3) is 0.308. The van der Waals surface area contributed by atoms with Gasteiger partial charge in [-0.25, -0.2) is 4.79 Å². The number of rotatable bonds is 1. The molecule has 6 heteroatoms. The van der Waals surface area contributed by atoms with E-state index in [2.05, 4.69) is 10.2 Å². The van der Waals surface area contributed by atoms with Crippen molar-refractivity contribution >= 4 is 23.2 Å². The Morgan fingerprint density at radius 3 is 2.84 bits per heavy atom. The standard InChI is InChI=1S/C13H16N4O2/c1-13(2,3)19-12(18)17-11-5-4-9(7-15-14)6-10(11)8-16-17/h4-8H,14H2,1-3H3. The largest absolute Gasteiger partial charge is 0.442 e. The molecule has 100 valence electrons. The van der Waals surface area contributed by atoms with Crippen LogP contribution in [0, 0.1) is 0 Å². The number of nitrogens with two attached hydrogens (primary N) is 1. The molecule has 0 amide bonds. The first-order valence-electron chi connectivity index (χ1n) is 5.85. The Hall–Kier alpha value is -2.37. The quantitative estimate of drug-likeness (QED) is 0.483. The highest BCUT2D eigenvalue weighted by Gasteiger charge is 2.19. The molecule has 1 aromatic carbocycles. The average Bonchev–Trinajstić information content (AvgIpc) is 2.70. The first-order chi connectivity index (χ1) is 8.90. The molecule has 6 nitrogen and oxygen atoms in total. The first kappa shape index (κ1) is 13.1. The van der Waals surface area contributed by atoms with Crippen LogP contribution in [-0.2, 0) is 4.74 Å². The molecule has 0 saturated heterocycles. The monoisotopic (exact) mass is 260 g/mol. The summed E-state index contributed by atoms with van der Waals surface area (Å²) in [5.74, 6) is 5.10. The maximum Gasteiger partial charge on any atom is 0.435 e. The van der Waals surface area contributed by atoms with Crippen molar-refractivity contribution in [2.24, 2.45) is 10.9 Å². The number of hydrogen-bond donors (Lipinski definition) is 1. The molecule has 0 bridgehead atoms. The molecule has 0 spiro atoms. The highest BCUT2D eigenvalue weighted by molar-refractivity contribution is 5.92. The predicted octanol–water partition coefficient (Wildman–Crippen LogP) is 2.11. The lowest BCUT2D eigenvalue weighted by molar-refractivity contribution is 0.0523. The van der Waals surface area contributed by atoms with Crippen molar-refractivity contribution in [2.75, 3.05) is 0 Å². The lowest BCUT2D eigenvalue weighted by Crippen LogP contribution is -2.27. The van der Waals surface area contributed by atoms with Crippen LogP contribution in [-0.4, -0.2) is 27.7 Å². The van der Waals surface area contributed by atoms with Gasteiger partial charge in [-0.3, -0.25) is 0 Å². The Bertz CT molecular complexity index is 638. The van der Waals surface area contributed by atoms with Crippen molar-refractivity contribution in [1.82, 2.24) is 9.78 Å². The summed E-state index contributed by atoms with van der Waals surface area (Å²) < 4.78 is 6.52. The normalized spacial score (nSPS) is 12.2. The van der Waals surface area contributed by atoms with Gasteiger partial charge in [-0.2, -0.15) is 14.9 Å². The van der Waals surface area contributed by atoms with E-state index in [-0.39, 0.29) is 0 Å². The summed E-state index contributed by atoms with van der Waals surface area (Å²) in [6.45, 7) is 5.44. The number of carbonyl (C=O) groups is 1. The Labute approximate surface area is 110 Å². The second-order valence-electron chi connectivity index (χ2n) is 5.13. The van der Waals surface area contributed by atoms with Crippen molar-refractivity contribution in [2.45, 2.75) is 26.4 Å². The maximum absolute atomic E-state index is 12.0. The summed E-state index contributed by atoms with van der Waals surface area (Å²) in [5, 5.41) is 8.33. The lowest BCUT2D eigenvalue weighted by Gasteiger charge is -2.19. The minimum absolute atomic E-state index is 0.497. The van der Waals surface area contributed by atoms with E-state index in [0.717, 1.165) is 10.9 Å². The highest BCUT2D eigenvalue weighted by atomic mass is 16.6. The average molecular weight is 260 g/mol. The van der Waals surface area contributed by atoms with Gasteiger partial charge >= 0.3 is 6.09 Å². The van der Waals surface area contributed by atoms with E-state index in [1.165, 1.54) is 10.9 Å². The molecular weight excluding hydrogens is 244 g/mol. The van der Waals surface area contributed by atoms with E-state index in [4.69, 9.17) is 10.6 Å². The zero-order valence-electron chi connectivity index (χ0n) is 11.1. The highest BCUT2D eigenvalue weighted by Crippen LogP contribution is 2.17. The number of benzene rings is 1. The maximum atomic E-state index is 12.0. The van der Waals surface area contributed by atoms with Gasteiger partial charge in [0, 0.05) is 5.39 Å². The third-order valence-electron chi connectivity index (χ3n) is 2.38. The molecule has 0 radical (unpaired) electrons. The Kier molecular flexibility index (Phi) is 3.25. The van der Waals surface area contributed by atoms with E-state index in [0.29, 0.717) is 5.52 Å². The van der Waals surface area contributed by atoms with Crippen molar-refractivity contribution in [3.05, 3.63) is 30.0 Å². The van der Waals surface area contributed by atoms with Crippen LogP contribution in [0.3, 0.4) is 0 Å². The van der Waals surface area contributed by atoms with Gasteiger partial charge in [-0.15, -0.1) is 0 Å². The summed E-state index contributed by atoms with van der Waals surface area (Å²) in [6, 6.07) is 5.43. The van der Waals surface area contributed by atoms with Crippen LogP contribution in [0.5, 0.6) is 0 Å². The molecule has 0 fully saturated rings. The van der Waals surface area contributed by atoms with Crippen molar-refractivity contribution < 1.29 is 9.53 Å². The number of aromatic nitrogens is 2. The third-order valence-corrected chi connectivity index (χ3v) is 2.38. The molecule has 1 heterocycles. The summed E-state index contributed by atoms with van der Waals surface area (Å²) in [6.07, 6.45) is 2.64. The zero-order chi connectivity index (χ0) is 14.0. The molecule has 2 aromatic rings. The van der Waals surface area contributed by atoms with E-state index < -0.39 is 11.7 Å². The van der Waals surface area contributed by atoms with Crippen LogP contribution >= 0.6 is 0 Å². The molecule has 19 heavy (non-hydrogen) atoms.